The Morgan fingerprint density at radius 1 is 1.20 bits per heavy atom. The third-order valence-corrected chi connectivity index (χ3v) is 2.35. The Balaban J connectivity index is 0. The van der Waals surface area contributed by atoms with Crippen LogP contribution in [0.1, 0.15) is 39.0 Å². The van der Waals surface area contributed by atoms with Crippen LogP contribution in [0.15, 0.2) is 0 Å². The minimum absolute atomic E-state index is 0.162. The minimum atomic E-state index is -4.64. The van der Waals surface area contributed by atoms with E-state index >= 15 is 0 Å². The van der Waals surface area contributed by atoms with Crippen LogP contribution in [0.25, 0.3) is 0 Å². The average molecular weight is 316 g/mol. The van der Waals surface area contributed by atoms with E-state index in [1.165, 1.54) is 0 Å². The van der Waals surface area contributed by atoms with Crippen molar-refractivity contribution in [3.05, 3.63) is 0 Å². The zero-order chi connectivity index (χ0) is 16.1. The molecule has 0 aromatic carbocycles. The van der Waals surface area contributed by atoms with Gasteiger partial charge in [-0.2, -0.15) is 0 Å². The molecule has 0 rings (SSSR count). The molecular formula is C10H20AlF3N2O4. The molecule has 0 spiro atoms. The summed E-state index contributed by atoms with van der Waals surface area (Å²) in [6, 6.07) is -0.502. The van der Waals surface area contributed by atoms with Gasteiger partial charge in [0.05, 0.1) is 0 Å². The van der Waals surface area contributed by atoms with E-state index in [1.807, 2.05) is 0 Å². The second-order valence-electron chi connectivity index (χ2n) is 4.16. The molecule has 10 heteroatoms. The van der Waals surface area contributed by atoms with Gasteiger partial charge in [0.15, 0.2) is 0 Å². The predicted octanol–water partition coefficient (Wildman–Crippen LogP) is 1.88. The lowest BCUT2D eigenvalue weighted by Gasteiger charge is -2.20. The molecule has 0 radical (unpaired) electrons. The van der Waals surface area contributed by atoms with Crippen molar-refractivity contribution in [2.45, 2.75) is 51.1 Å². The summed E-state index contributed by atoms with van der Waals surface area (Å²) in [6.45, 7) is 1.75. The monoisotopic (exact) mass is 316 g/mol. The normalized spacial score (nSPS) is 12.7. The molecule has 0 bridgehead atoms. The van der Waals surface area contributed by atoms with Gasteiger partial charge in [0.2, 0.25) is 0 Å². The van der Waals surface area contributed by atoms with E-state index in [-0.39, 0.29) is 18.5 Å². The number of hydrogen-bond acceptors (Lipinski definition) is 3. The summed E-state index contributed by atoms with van der Waals surface area (Å²) >= 11 is -4.64. The molecule has 0 saturated carbocycles. The average Bonchev–Trinajstić information content (AvgIpc) is 2.25. The molecule has 0 aliphatic rings. The Morgan fingerprint density at radius 2 is 1.70 bits per heavy atom. The van der Waals surface area contributed by atoms with E-state index in [1.54, 1.807) is 6.92 Å². The smallest absolute Gasteiger partial charge is 0.481 e. The van der Waals surface area contributed by atoms with Gasteiger partial charge >= 0.3 is 27.6 Å². The molecule has 0 fully saturated rings. The molecule has 5 N–H and O–H groups in total. The van der Waals surface area contributed by atoms with Gasteiger partial charge in [-0.1, -0.05) is 12.8 Å². The summed E-state index contributed by atoms with van der Waals surface area (Å²) in [6.07, 6.45) is 1.90. The minimum Gasteiger partial charge on any atom is -0.481 e. The van der Waals surface area contributed by atoms with Crippen LogP contribution >= 0.6 is 0 Å². The van der Waals surface area contributed by atoms with Gasteiger partial charge in [0.25, 0.3) is 0 Å². The van der Waals surface area contributed by atoms with E-state index < -0.39 is 27.6 Å². The van der Waals surface area contributed by atoms with Crippen molar-refractivity contribution in [1.29, 1.82) is 0 Å². The number of nitrogens with one attached hydrogen (secondary N) is 1. The third-order valence-electron chi connectivity index (χ3n) is 2.35. The molecule has 20 heavy (non-hydrogen) atoms. The first-order chi connectivity index (χ1) is 9.16. The molecule has 0 saturated heterocycles. The van der Waals surface area contributed by atoms with Crippen LogP contribution in [-0.4, -0.2) is 49.9 Å². The van der Waals surface area contributed by atoms with Crippen LogP contribution in [0.5, 0.6) is 0 Å². The van der Waals surface area contributed by atoms with Crippen LogP contribution < -0.4 is 11.1 Å². The zero-order valence-corrected chi connectivity index (χ0v) is 12.3. The maximum atomic E-state index is 10.4. The second-order valence-corrected chi connectivity index (χ2v) is 4.65. The maximum Gasteiger partial charge on any atom is 1.04 e. The highest BCUT2D eigenvalue weighted by atomic mass is 27.3. The number of aliphatic carboxylic acids is 1. The van der Waals surface area contributed by atoms with Gasteiger partial charge < -0.3 is 31.8 Å². The fourth-order valence-corrected chi connectivity index (χ4v) is 1.44. The summed E-state index contributed by atoms with van der Waals surface area (Å²) in [4.78, 5) is 20.7. The summed E-state index contributed by atoms with van der Waals surface area (Å²) in [7, 11) is 0. The van der Waals surface area contributed by atoms with Crippen molar-refractivity contribution in [2.75, 3.05) is 0 Å². The van der Waals surface area contributed by atoms with E-state index in [9.17, 15) is 20.2 Å². The molecule has 2 atom stereocenters. The molecule has 6 nitrogen and oxygen atoms in total. The van der Waals surface area contributed by atoms with Gasteiger partial charge in [-0.05, 0) is 19.8 Å². The number of carboxylic acids is 1. The molecule has 0 aromatic rings. The fraction of sp³-hybridized carbons (Fsp3) is 0.800. The number of nitrogens with two attached hydrogens (primary N) is 1. The molecular weight excluding hydrogens is 296 g/mol. The predicted molar refractivity (Wildman–Crippen MR) is 68.4 cm³/mol. The molecule has 1 amide bonds. The van der Waals surface area contributed by atoms with Crippen LogP contribution in [-0.2, 0) is 4.79 Å². The SMILES string of the molecule is CC(N)C(CCCCCC(=O)O)NC(=O)O.[F][Al]([F])[F]. The lowest BCUT2D eigenvalue weighted by Crippen LogP contribution is -2.45. The third kappa shape index (κ3) is 19.4. The Kier molecular flexibility index (Phi) is 13.9. The zero-order valence-electron chi connectivity index (χ0n) is 11.2. The van der Waals surface area contributed by atoms with Crippen LogP contribution in [0.4, 0.5) is 15.4 Å². The maximum absolute atomic E-state index is 10.4. The van der Waals surface area contributed by atoms with Crippen molar-refractivity contribution in [2.24, 2.45) is 5.73 Å². The van der Waals surface area contributed by atoms with Crippen LogP contribution in [0.2, 0.25) is 0 Å². The largest absolute Gasteiger partial charge is 1.04 e. The highest BCUT2D eigenvalue weighted by molar-refractivity contribution is 6.33. The fourth-order valence-electron chi connectivity index (χ4n) is 1.44. The van der Waals surface area contributed by atoms with Crippen molar-refractivity contribution in [3.8, 4) is 0 Å². The molecule has 2 unspecified atom stereocenters. The van der Waals surface area contributed by atoms with E-state index in [0.29, 0.717) is 12.8 Å². The molecule has 0 aromatic heterocycles. The van der Waals surface area contributed by atoms with E-state index in [2.05, 4.69) is 5.32 Å². The van der Waals surface area contributed by atoms with Gasteiger partial charge in [0, 0.05) is 18.5 Å². The van der Waals surface area contributed by atoms with Gasteiger partial charge in [-0.25, -0.2) is 4.79 Å². The highest BCUT2D eigenvalue weighted by Gasteiger charge is 2.21. The van der Waals surface area contributed by atoms with Crippen molar-refractivity contribution in [1.82, 2.24) is 5.32 Å². The number of amides is 1. The standard InChI is InChI=1S/C10H20N2O4.Al.3FH/c1-7(11)8(12-10(15)16)5-3-2-4-6-9(13)14;;;;/h7-8,12H,2-6,11H2,1H3,(H,13,14)(H,15,16);;3*1H/q;+3;;;/p-3. The van der Waals surface area contributed by atoms with Gasteiger partial charge in [-0.15, -0.1) is 0 Å². The number of rotatable bonds is 8. The molecule has 0 heterocycles. The van der Waals surface area contributed by atoms with Crippen molar-refractivity contribution in [3.63, 3.8) is 0 Å². The molecule has 0 aliphatic carbocycles. The molecule has 0 aliphatic heterocycles. The Morgan fingerprint density at radius 3 is 2.05 bits per heavy atom. The Hall–Kier alpha value is -0.978. The Bertz CT molecular complexity index is 280. The summed E-state index contributed by atoms with van der Waals surface area (Å²) in [5, 5.41) is 19.3. The van der Waals surface area contributed by atoms with Crippen molar-refractivity contribution >= 4 is 27.6 Å². The quantitative estimate of drug-likeness (QED) is 0.403. The van der Waals surface area contributed by atoms with Gasteiger partial charge in [0.1, 0.15) is 0 Å². The van der Waals surface area contributed by atoms with Crippen LogP contribution in [0.3, 0.4) is 0 Å². The summed E-state index contributed by atoms with van der Waals surface area (Å²) < 4.78 is 29.4. The number of unbranched alkanes of at least 4 members (excludes halogenated alkanes) is 2. The number of carboxylic acid groups (broad SMARTS) is 2. The first-order valence-corrected chi connectivity index (χ1v) is 7.36. The first kappa shape index (κ1) is 21.3. The first-order valence-electron chi connectivity index (χ1n) is 6.05. The second kappa shape index (κ2) is 13.0. The van der Waals surface area contributed by atoms with Crippen LogP contribution in [0, 0.1) is 0 Å². The van der Waals surface area contributed by atoms with Gasteiger partial charge in [-0.3, -0.25) is 4.79 Å². The number of hydrogen-bond donors (Lipinski definition) is 4. The lowest BCUT2D eigenvalue weighted by atomic mass is 10.0. The summed E-state index contributed by atoms with van der Waals surface area (Å²) in [5.74, 6) is -0.799. The van der Waals surface area contributed by atoms with E-state index in [4.69, 9.17) is 15.9 Å². The highest BCUT2D eigenvalue weighted by Crippen LogP contribution is 2.07. The molecule has 118 valence electrons. The number of halogens is 3. The van der Waals surface area contributed by atoms with E-state index in [0.717, 1.165) is 12.8 Å². The number of carbonyl (C=O) groups is 2. The Labute approximate surface area is 121 Å². The topological polar surface area (TPSA) is 113 Å². The van der Waals surface area contributed by atoms with Crippen molar-refractivity contribution < 1.29 is 30.4 Å². The lowest BCUT2D eigenvalue weighted by molar-refractivity contribution is -0.137. The summed E-state index contributed by atoms with van der Waals surface area (Å²) in [5.41, 5.74) is 5.63.